The summed E-state index contributed by atoms with van der Waals surface area (Å²) in [7, 11) is 0. The largest absolute Gasteiger partial charge is 0.456 e. The number of amides is 1. The molecule has 0 bridgehead atoms. The lowest BCUT2D eigenvalue weighted by molar-refractivity contribution is 0.0920. The second-order valence-corrected chi connectivity index (χ2v) is 5.08. The normalized spacial score (nSPS) is 17.6. The van der Waals surface area contributed by atoms with Gasteiger partial charge in [-0.3, -0.25) is 4.79 Å². The van der Waals surface area contributed by atoms with E-state index in [4.69, 9.17) is 4.42 Å². The third-order valence-corrected chi connectivity index (χ3v) is 3.65. The smallest absolute Gasteiger partial charge is 0.287 e. The molecule has 3 rings (SSSR count). The molecule has 0 fully saturated rings. The molecular formula is C16H18N2O2. The summed E-state index contributed by atoms with van der Waals surface area (Å²) in [5.74, 6) is 0.950. The highest BCUT2D eigenvalue weighted by atomic mass is 16.3. The van der Waals surface area contributed by atoms with Crippen molar-refractivity contribution in [3.63, 3.8) is 0 Å². The number of nitrogens with one attached hydrogen (secondary N) is 2. The summed E-state index contributed by atoms with van der Waals surface area (Å²) in [6.07, 6.45) is 1.04. The van der Waals surface area contributed by atoms with Gasteiger partial charge in [0.1, 0.15) is 5.76 Å². The summed E-state index contributed by atoms with van der Waals surface area (Å²) in [5, 5.41) is 6.37. The van der Waals surface area contributed by atoms with Crippen LogP contribution in [0.5, 0.6) is 0 Å². The number of fused-ring (bicyclic) bond motifs is 1. The van der Waals surface area contributed by atoms with E-state index in [-0.39, 0.29) is 11.9 Å². The van der Waals surface area contributed by atoms with Crippen molar-refractivity contribution in [2.45, 2.75) is 19.4 Å². The minimum Gasteiger partial charge on any atom is -0.456 e. The number of rotatable bonds is 3. The number of carbonyl (C=O) groups is 1. The molecule has 1 aromatic heterocycles. The molecule has 0 saturated carbocycles. The number of hydrogen-bond donors (Lipinski definition) is 2. The van der Waals surface area contributed by atoms with E-state index in [1.165, 1.54) is 11.1 Å². The van der Waals surface area contributed by atoms with Crippen LogP contribution in [-0.2, 0) is 6.42 Å². The fraction of sp³-hybridized carbons (Fsp3) is 0.312. The van der Waals surface area contributed by atoms with E-state index in [9.17, 15) is 4.79 Å². The fourth-order valence-corrected chi connectivity index (χ4v) is 2.61. The van der Waals surface area contributed by atoms with E-state index >= 15 is 0 Å². The molecule has 2 N–H and O–H groups in total. The molecule has 4 nitrogen and oxygen atoms in total. The van der Waals surface area contributed by atoms with Crippen LogP contribution in [0, 0.1) is 6.92 Å². The Labute approximate surface area is 118 Å². The Morgan fingerprint density at radius 2 is 2.20 bits per heavy atom. The van der Waals surface area contributed by atoms with Gasteiger partial charge in [-0.05, 0) is 43.1 Å². The van der Waals surface area contributed by atoms with Crippen LogP contribution in [0.25, 0.3) is 0 Å². The predicted molar refractivity (Wildman–Crippen MR) is 76.7 cm³/mol. The van der Waals surface area contributed by atoms with Gasteiger partial charge in [0, 0.05) is 12.6 Å². The van der Waals surface area contributed by atoms with E-state index in [2.05, 4.69) is 28.8 Å². The number of aryl methyl sites for hydroxylation is 1. The number of furan rings is 1. The van der Waals surface area contributed by atoms with Crippen LogP contribution in [0.15, 0.2) is 40.8 Å². The topological polar surface area (TPSA) is 54.3 Å². The van der Waals surface area contributed by atoms with Crippen molar-refractivity contribution in [3.05, 3.63) is 59.0 Å². The maximum Gasteiger partial charge on any atom is 0.287 e. The van der Waals surface area contributed by atoms with Gasteiger partial charge in [-0.1, -0.05) is 24.3 Å². The summed E-state index contributed by atoms with van der Waals surface area (Å²) in [6, 6.07) is 12.0. The van der Waals surface area contributed by atoms with Gasteiger partial charge in [0.2, 0.25) is 0 Å². The standard InChI is InChI=1S/C16H18N2O2/c1-11-6-7-15(20-11)16(19)18-10-14-13-5-3-2-4-12(13)8-9-17-14/h2-7,14,17H,8-10H2,1H3,(H,18,19). The first kappa shape index (κ1) is 12.9. The number of hydrogen-bond acceptors (Lipinski definition) is 3. The number of benzene rings is 1. The zero-order valence-electron chi connectivity index (χ0n) is 11.5. The van der Waals surface area contributed by atoms with E-state index in [1.54, 1.807) is 12.1 Å². The minimum atomic E-state index is -0.164. The first-order valence-corrected chi connectivity index (χ1v) is 6.90. The zero-order valence-corrected chi connectivity index (χ0v) is 11.5. The third kappa shape index (κ3) is 2.60. The van der Waals surface area contributed by atoms with Crippen LogP contribution in [0.4, 0.5) is 0 Å². The molecule has 1 aliphatic heterocycles. The highest BCUT2D eigenvalue weighted by Gasteiger charge is 2.20. The van der Waals surface area contributed by atoms with E-state index < -0.39 is 0 Å². The van der Waals surface area contributed by atoms with Crippen molar-refractivity contribution in [1.82, 2.24) is 10.6 Å². The van der Waals surface area contributed by atoms with Gasteiger partial charge in [-0.25, -0.2) is 0 Å². The predicted octanol–water partition coefficient (Wildman–Crippen LogP) is 2.20. The van der Waals surface area contributed by atoms with Crippen molar-refractivity contribution in [3.8, 4) is 0 Å². The molecule has 1 unspecified atom stereocenters. The second kappa shape index (κ2) is 5.51. The molecule has 0 saturated heterocycles. The molecular weight excluding hydrogens is 252 g/mol. The van der Waals surface area contributed by atoms with Crippen LogP contribution in [0.1, 0.15) is 33.5 Å². The molecule has 1 atom stereocenters. The Balaban J connectivity index is 1.66. The van der Waals surface area contributed by atoms with Crippen LogP contribution in [0.3, 0.4) is 0 Å². The first-order valence-electron chi connectivity index (χ1n) is 6.90. The molecule has 0 spiro atoms. The van der Waals surface area contributed by atoms with Crippen molar-refractivity contribution in [2.24, 2.45) is 0 Å². The monoisotopic (exact) mass is 270 g/mol. The Morgan fingerprint density at radius 3 is 3.00 bits per heavy atom. The summed E-state index contributed by atoms with van der Waals surface area (Å²) in [6.45, 7) is 3.34. The van der Waals surface area contributed by atoms with Gasteiger partial charge in [-0.2, -0.15) is 0 Å². The molecule has 4 heteroatoms. The SMILES string of the molecule is Cc1ccc(C(=O)NCC2NCCc3ccccc32)o1. The average Bonchev–Trinajstić information content (AvgIpc) is 2.91. The molecule has 1 aliphatic rings. The molecule has 0 aliphatic carbocycles. The number of carbonyl (C=O) groups excluding carboxylic acids is 1. The summed E-state index contributed by atoms with van der Waals surface area (Å²) >= 11 is 0. The van der Waals surface area contributed by atoms with Gasteiger partial charge in [0.05, 0.1) is 0 Å². The highest BCUT2D eigenvalue weighted by molar-refractivity contribution is 5.91. The van der Waals surface area contributed by atoms with Crippen molar-refractivity contribution in [2.75, 3.05) is 13.1 Å². The Hall–Kier alpha value is -2.07. The second-order valence-electron chi connectivity index (χ2n) is 5.08. The molecule has 2 aromatic rings. The average molecular weight is 270 g/mol. The summed E-state index contributed by atoms with van der Waals surface area (Å²) < 4.78 is 5.32. The Morgan fingerprint density at radius 1 is 1.35 bits per heavy atom. The van der Waals surface area contributed by atoms with Gasteiger partial charge in [-0.15, -0.1) is 0 Å². The lowest BCUT2D eigenvalue weighted by Crippen LogP contribution is -2.38. The molecule has 20 heavy (non-hydrogen) atoms. The van der Waals surface area contributed by atoms with Crippen molar-refractivity contribution < 1.29 is 9.21 Å². The van der Waals surface area contributed by atoms with Crippen LogP contribution < -0.4 is 10.6 Å². The van der Waals surface area contributed by atoms with Gasteiger partial charge in [0.25, 0.3) is 5.91 Å². The Bertz CT molecular complexity index is 618. The highest BCUT2D eigenvalue weighted by Crippen LogP contribution is 2.21. The van der Waals surface area contributed by atoms with Crippen molar-refractivity contribution >= 4 is 5.91 Å². The Kier molecular flexibility index (Phi) is 3.56. The van der Waals surface area contributed by atoms with Crippen LogP contribution in [0.2, 0.25) is 0 Å². The molecule has 2 heterocycles. The van der Waals surface area contributed by atoms with Gasteiger partial charge >= 0.3 is 0 Å². The molecule has 1 amide bonds. The summed E-state index contributed by atoms with van der Waals surface area (Å²) in [5.41, 5.74) is 2.63. The quantitative estimate of drug-likeness (QED) is 0.899. The van der Waals surface area contributed by atoms with Crippen LogP contribution >= 0.6 is 0 Å². The maximum absolute atomic E-state index is 12.0. The lowest BCUT2D eigenvalue weighted by Gasteiger charge is -2.27. The molecule has 104 valence electrons. The molecule has 0 radical (unpaired) electrons. The first-order chi connectivity index (χ1) is 9.74. The van der Waals surface area contributed by atoms with Crippen molar-refractivity contribution in [1.29, 1.82) is 0 Å². The van der Waals surface area contributed by atoms with E-state index in [0.717, 1.165) is 18.7 Å². The fourth-order valence-electron chi connectivity index (χ4n) is 2.61. The summed E-state index contributed by atoms with van der Waals surface area (Å²) in [4.78, 5) is 12.0. The lowest BCUT2D eigenvalue weighted by atomic mass is 9.94. The molecule has 1 aromatic carbocycles. The maximum atomic E-state index is 12.0. The van der Waals surface area contributed by atoms with E-state index in [1.807, 2.05) is 13.0 Å². The minimum absolute atomic E-state index is 0.164. The van der Waals surface area contributed by atoms with E-state index in [0.29, 0.717) is 12.3 Å². The van der Waals surface area contributed by atoms with Gasteiger partial charge in [0.15, 0.2) is 5.76 Å². The van der Waals surface area contributed by atoms with Gasteiger partial charge < -0.3 is 15.1 Å². The zero-order chi connectivity index (χ0) is 13.9. The third-order valence-electron chi connectivity index (χ3n) is 3.65. The van der Waals surface area contributed by atoms with Crippen LogP contribution in [-0.4, -0.2) is 19.0 Å².